The van der Waals surface area contributed by atoms with Gasteiger partial charge in [-0.1, -0.05) is 20.3 Å². The minimum atomic E-state index is 0.260. The molecule has 0 aliphatic carbocycles. The van der Waals surface area contributed by atoms with Crippen LogP contribution in [0.5, 0.6) is 0 Å². The number of thiazole rings is 1. The van der Waals surface area contributed by atoms with E-state index in [9.17, 15) is 0 Å². The topological polar surface area (TPSA) is 38.9 Å². The molecule has 0 saturated heterocycles. The molecule has 0 aliphatic heterocycles. The van der Waals surface area contributed by atoms with Gasteiger partial charge in [-0.05, 0) is 12.8 Å². The molecule has 0 saturated carbocycles. The molecule has 0 bridgehead atoms. The molecule has 0 aromatic carbocycles. The lowest BCUT2D eigenvalue weighted by molar-refractivity contribution is 0.439. The maximum absolute atomic E-state index is 6.04. The maximum atomic E-state index is 6.04. The summed E-state index contributed by atoms with van der Waals surface area (Å²) in [5.74, 6) is 0.587. The van der Waals surface area contributed by atoms with Crippen LogP contribution in [-0.2, 0) is 6.42 Å². The van der Waals surface area contributed by atoms with Crippen LogP contribution in [0.25, 0.3) is 0 Å². The normalized spacial score (nSPS) is 15.7. The van der Waals surface area contributed by atoms with Crippen LogP contribution in [0.4, 0.5) is 0 Å². The first-order chi connectivity index (χ1) is 6.13. The molecule has 2 atom stereocenters. The summed E-state index contributed by atoms with van der Waals surface area (Å²) in [5, 5.41) is 3.25. The Hall–Kier alpha value is -0.410. The zero-order valence-electron chi connectivity index (χ0n) is 8.58. The Bertz CT molecular complexity index is 257. The van der Waals surface area contributed by atoms with Crippen molar-refractivity contribution in [2.45, 2.75) is 39.7 Å². The average molecular weight is 198 g/mol. The van der Waals surface area contributed by atoms with Crippen molar-refractivity contribution in [3.63, 3.8) is 0 Å². The van der Waals surface area contributed by atoms with E-state index in [0.717, 1.165) is 18.5 Å². The highest BCUT2D eigenvalue weighted by Crippen LogP contribution is 2.15. The van der Waals surface area contributed by atoms with Crippen LogP contribution < -0.4 is 5.73 Å². The van der Waals surface area contributed by atoms with E-state index in [1.807, 2.05) is 6.92 Å². The van der Waals surface area contributed by atoms with Crippen LogP contribution in [0.15, 0.2) is 5.38 Å². The van der Waals surface area contributed by atoms with Gasteiger partial charge in [0.25, 0.3) is 0 Å². The van der Waals surface area contributed by atoms with Gasteiger partial charge in [-0.2, -0.15) is 0 Å². The summed E-state index contributed by atoms with van der Waals surface area (Å²) in [5.41, 5.74) is 7.14. The fourth-order valence-electron chi connectivity index (χ4n) is 1.20. The van der Waals surface area contributed by atoms with E-state index in [-0.39, 0.29) is 6.04 Å². The number of nitrogens with two attached hydrogens (primary N) is 1. The van der Waals surface area contributed by atoms with Gasteiger partial charge in [0.2, 0.25) is 0 Å². The van der Waals surface area contributed by atoms with Crippen LogP contribution in [0.3, 0.4) is 0 Å². The molecule has 1 aromatic rings. The van der Waals surface area contributed by atoms with Crippen molar-refractivity contribution in [2.75, 3.05) is 0 Å². The van der Waals surface area contributed by atoms with E-state index in [0.29, 0.717) is 5.92 Å². The third-order valence-electron chi connectivity index (χ3n) is 2.45. The maximum Gasteiger partial charge on any atom is 0.0943 e. The molecule has 0 spiro atoms. The van der Waals surface area contributed by atoms with Gasteiger partial charge in [-0.15, -0.1) is 11.3 Å². The average Bonchev–Trinajstić information content (AvgIpc) is 2.49. The molecule has 13 heavy (non-hydrogen) atoms. The number of aromatic nitrogens is 1. The van der Waals surface area contributed by atoms with Gasteiger partial charge in [-0.3, -0.25) is 0 Å². The van der Waals surface area contributed by atoms with Crippen LogP contribution >= 0.6 is 11.3 Å². The minimum absolute atomic E-state index is 0.260. The summed E-state index contributed by atoms with van der Waals surface area (Å²) in [6.45, 7) is 6.40. The molecule has 0 aliphatic rings. The SMILES string of the molecule is CCC(C)C(N)Cc1nc(C)cs1. The quantitative estimate of drug-likeness (QED) is 0.806. The summed E-state index contributed by atoms with van der Waals surface area (Å²) in [7, 11) is 0. The molecule has 1 rings (SSSR count). The van der Waals surface area contributed by atoms with Crippen molar-refractivity contribution >= 4 is 11.3 Å². The van der Waals surface area contributed by atoms with E-state index >= 15 is 0 Å². The van der Waals surface area contributed by atoms with Gasteiger partial charge in [0, 0.05) is 23.5 Å². The van der Waals surface area contributed by atoms with E-state index in [1.54, 1.807) is 11.3 Å². The smallest absolute Gasteiger partial charge is 0.0943 e. The molecular formula is C10H18N2S. The van der Waals surface area contributed by atoms with Crippen LogP contribution in [0.1, 0.15) is 31.0 Å². The van der Waals surface area contributed by atoms with Crippen molar-refractivity contribution in [1.29, 1.82) is 0 Å². The lowest BCUT2D eigenvalue weighted by Gasteiger charge is -2.16. The summed E-state index contributed by atoms with van der Waals surface area (Å²) < 4.78 is 0. The third kappa shape index (κ3) is 3.08. The number of rotatable bonds is 4. The lowest BCUT2D eigenvalue weighted by atomic mass is 9.98. The second-order valence-corrected chi connectivity index (χ2v) is 4.58. The molecule has 74 valence electrons. The Kier molecular flexibility index (Phi) is 3.88. The highest BCUT2D eigenvalue weighted by Gasteiger charge is 2.12. The highest BCUT2D eigenvalue weighted by molar-refractivity contribution is 7.09. The van der Waals surface area contributed by atoms with E-state index in [2.05, 4.69) is 24.2 Å². The predicted molar refractivity (Wildman–Crippen MR) is 58.0 cm³/mol. The lowest BCUT2D eigenvalue weighted by Crippen LogP contribution is -2.30. The number of hydrogen-bond donors (Lipinski definition) is 1. The molecule has 0 fully saturated rings. The fourth-order valence-corrected chi connectivity index (χ4v) is 2.05. The first kappa shape index (κ1) is 10.7. The summed E-state index contributed by atoms with van der Waals surface area (Å²) in [6.07, 6.45) is 2.07. The summed E-state index contributed by atoms with van der Waals surface area (Å²) in [4.78, 5) is 4.41. The Morgan fingerprint density at radius 2 is 2.31 bits per heavy atom. The highest BCUT2D eigenvalue weighted by atomic mass is 32.1. The largest absolute Gasteiger partial charge is 0.327 e. The van der Waals surface area contributed by atoms with Crippen molar-refractivity contribution in [2.24, 2.45) is 11.7 Å². The monoisotopic (exact) mass is 198 g/mol. The molecule has 3 heteroatoms. The van der Waals surface area contributed by atoms with Crippen molar-refractivity contribution < 1.29 is 0 Å². The molecule has 1 heterocycles. The molecule has 2 nitrogen and oxygen atoms in total. The first-order valence-electron chi connectivity index (χ1n) is 4.80. The molecule has 2 N–H and O–H groups in total. The number of aryl methyl sites for hydroxylation is 1. The number of nitrogens with zero attached hydrogens (tertiary/aromatic N) is 1. The van der Waals surface area contributed by atoms with E-state index in [1.165, 1.54) is 5.01 Å². The third-order valence-corrected chi connectivity index (χ3v) is 3.44. The van der Waals surface area contributed by atoms with Crippen molar-refractivity contribution in [3.8, 4) is 0 Å². The zero-order valence-corrected chi connectivity index (χ0v) is 9.40. The van der Waals surface area contributed by atoms with Crippen LogP contribution in [-0.4, -0.2) is 11.0 Å². The molecular weight excluding hydrogens is 180 g/mol. The molecule has 0 radical (unpaired) electrons. The summed E-state index contributed by atoms with van der Waals surface area (Å²) >= 11 is 1.71. The van der Waals surface area contributed by atoms with E-state index in [4.69, 9.17) is 5.73 Å². The Balaban J connectivity index is 2.49. The Morgan fingerprint density at radius 3 is 2.77 bits per heavy atom. The second kappa shape index (κ2) is 4.72. The van der Waals surface area contributed by atoms with Gasteiger partial charge in [0.05, 0.1) is 5.01 Å². The minimum Gasteiger partial charge on any atom is -0.327 e. The Morgan fingerprint density at radius 1 is 1.62 bits per heavy atom. The molecule has 0 amide bonds. The van der Waals surface area contributed by atoms with E-state index < -0.39 is 0 Å². The van der Waals surface area contributed by atoms with Crippen molar-refractivity contribution in [3.05, 3.63) is 16.1 Å². The van der Waals surface area contributed by atoms with Crippen molar-refractivity contribution in [1.82, 2.24) is 4.98 Å². The fraction of sp³-hybridized carbons (Fsp3) is 0.700. The van der Waals surface area contributed by atoms with Crippen LogP contribution in [0, 0.1) is 12.8 Å². The van der Waals surface area contributed by atoms with Crippen LogP contribution in [0.2, 0.25) is 0 Å². The zero-order chi connectivity index (χ0) is 9.84. The van der Waals surface area contributed by atoms with Gasteiger partial charge < -0.3 is 5.73 Å². The molecule has 1 aromatic heterocycles. The standard InChI is InChI=1S/C10H18N2S/c1-4-7(2)9(11)5-10-12-8(3)6-13-10/h6-7,9H,4-5,11H2,1-3H3. The summed E-state index contributed by atoms with van der Waals surface area (Å²) in [6, 6.07) is 0.260. The second-order valence-electron chi connectivity index (χ2n) is 3.64. The van der Waals surface area contributed by atoms with Gasteiger partial charge in [0.1, 0.15) is 0 Å². The van der Waals surface area contributed by atoms with Gasteiger partial charge in [-0.25, -0.2) is 4.98 Å². The Labute approximate surface area is 84.2 Å². The first-order valence-corrected chi connectivity index (χ1v) is 5.68. The molecule has 2 unspecified atom stereocenters. The number of hydrogen-bond acceptors (Lipinski definition) is 3. The van der Waals surface area contributed by atoms with Gasteiger partial charge in [0.15, 0.2) is 0 Å². The van der Waals surface area contributed by atoms with Gasteiger partial charge >= 0.3 is 0 Å². The predicted octanol–water partition coefficient (Wildman–Crippen LogP) is 2.37.